The number of aromatic nitrogens is 1. The van der Waals surface area contributed by atoms with Gasteiger partial charge in [0.05, 0.1) is 0 Å². The molecule has 0 aliphatic heterocycles. The zero-order valence-electron chi connectivity index (χ0n) is 8.94. The van der Waals surface area contributed by atoms with Gasteiger partial charge in [0.2, 0.25) is 0 Å². The lowest BCUT2D eigenvalue weighted by molar-refractivity contribution is 0.0697. The molecule has 3 rings (SSSR count). The van der Waals surface area contributed by atoms with Crippen LogP contribution < -0.4 is 5.32 Å². The third-order valence-corrected chi connectivity index (χ3v) is 3.81. The Kier molecular flexibility index (Phi) is 1.93. The molecule has 2 aliphatic carbocycles. The summed E-state index contributed by atoms with van der Waals surface area (Å²) in [6.45, 7) is 0.858. The Morgan fingerprint density at radius 1 is 1.62 bits per heavy atom. The third-order valence-electron chi connectivity index (χ3n) is 3.81. The molecule has 1 unspecified atom stereocenters. The van der Waals surface area contributed by atoms with Gasteiger partial charge in [0.25, 0.3) is 0 Å². The van der Waals surface area contributed by atoms with Crippen LogP contribution in [0, 0.1) is 11.3 Å². The zero-order chi connectivity index (χ0) is 11.2. The lowest BCUT2D eigenvalue weighted by Gasteiger charge is -2.07. The van der Waals surface area contributed by atoms with Crippen LogP contribution in [0.15, 0.2) is 18.3 Å². The Hall–Kier alpha value is -1.58. The number of carboxylic acids is 1. The van der Waals surface area contributed by atoms with Gasteiger partial charge < -0.3 is 10.4 Å². The lowest BCUT2D eigenvalue weighted by Crippen LogP contribution is -2.11. The molecule has 1 aromatic heterocycles. The van der Waals surface area contributed by atoms with Crippen LogP contribution in [0.2, 0.25) is 0 Å². The fourth-order valence-corrected chi connectivity index (χ4v) is 2.43. The van der Waals surface area contributed by atoms with Crippen LogP contribution in [0.5, 0.6) is 0 Å². The average molecular weight is 218 g/mol. The van der Waals surface area contributed by atoms with Crippen molar-refractivity contribution in [3.63, 3.8) is 0 Å². The Morgan fingerprint density at radius 3 is 3.06 bits per heavy atom. The molecular weight excluding hydrogens is 204 g/mol. The monoisotopic (exact) mass is 218 g/mol. The molecule has 0 saturated heterocycles. The van der Waals surface area contributed by atoms with E-state index in [2.05, 4.69) is 10.3 Å². The van der Waals surface area contributed by atoms with Crippen molar-refractivity contribution in [3.8, 4) is 0 Å². The van der Waals surface area contributed by atoms with Gasteiger partial charge in [0.15, 0.2) is 0 Å². The van der Waals surface area contributed by atoms with Gasteiger partial charge in [-0.15, -0.1) is 0 Å². The van der Waals surface area contributed by atoms with Gasteiger partial charge in [0.1, 0.15) is 11.4 Å². The molecule has 0 radical (unpaired) electrons. The SMILES string of the molecule is O=C(O)c1cccnc1NCC1CC12CC2. The molecular formula is C12H14N2O2. The van der Waals surface area contributed by atoms with Crippen LogP contribution in [0.1, 0.15) is 29.6 Å². The fourth-order valence-electron chi connectivity index (χ4n) is 2.43. The predicted octanol–water partition coefficient (Wildman–Crippen LogP) is 1.99. The van der Waals surface area contributed by atoms with Crippen molar-refractivity contribution in [1.82, 2.24) is 4.98 Å². The van der Waals surface area contributed by atoms with E-state index in [0.717, 1.165) is 12.5 Å². The summed E-state index contributed by atoms with van der Waals surface area (Å²) in [5.74, 6) is 0.307. The van der Waals surface area contributed by atoms with Crippen molar-refractivity contribution in [1.29, 1.82) is 0 Å². The molecule has 2 N–H and O–H groups in total. The first-order valence-corrected chi connectivity index (χ1v) is 5.63. The van der Waals surface area contributed by atoms with Crippen LogP contribution in [0.25, 0.3) is 0 Å². The highest BCUT2D eigenvalue weighted by Crippen LogP contribution is 2.70. The van der Waals surface area contributed by atoms with Crippen LogP contribution in [0.4, 0.5) is 5.82 Å². The number of pyridine rings is 1. The van der Waals surface area contributed by atoms with Gasteiger partial charge in [-0.2, -0.15) is 0 Å². The first-order valence-electron chi connectivity index (χ1n) is 5.63. The quantitative estimate of drug-likeness (QED) is 0.811. The molecule has 1 atom stereocenters. The number of aromatic carboxylic acids is 1. The van der Waals surface area contributed by atoms with Gasteiger partial charge in [-0.3, -0.25) is 0 Å². The summed E-state index contributed by atoms with van der Waals surface area (Å²) in [4.78, 5) is 15.0. The Balaban J connectivity index is 1.67. The molecule has 84 valence electrons. The summed E-state index contributed by atoms with van der Waals surface area (Å²) in [6, 6.07) is 3.23. The van der Waals surface area contributed by atoms with E-state index in [-0.39, 0.29) is 5.56 Å². The molecule has 4 nitrogen and oxygen atoms in total. The van der Waals surface area contributed by atoms with Crippen molar-refractivity contribution in [2.45, 2.75) is 19.3 Å². The molecule has 2 saturated carbocycles. The van der Waals surface area contributed by atoms with E-state index in [1.807, 2.05) is 0 Å². The second-order valence-electron chi connectivity index (χ2n) is 4.85. The van der Waals surface area contributed by atoms with Crippen molar-refractivity contribution in [3.05, 3.63) is 23.9 Å². The minimum absolute atomic E-state index is 0.257. The highest BCUT2D eigenvalue weighted by molar-refractivity contribution is 5.92. The fraction of sp³-hybridized carbons (Fsp3) is 0.500. The van der Waals surface area contributed by atoms with Gasteiger partial charge in [-0.05, 0) is 42.7 Å². The smallest absolute Gasteiger partial charge is 0.339 e. The first kappa shape index (κ1) is 9.63. The largest absolute Gasteiger partial charge is 0.478 e. The number of nitrogens with one attached hydrogen (secondary N) is 1. The molecule has 1 spiro atoms. The van der Waals surface area contributed by atoms with E-state index in [9.17, 15) is 4.79 Å². The summed E-state index contributed by atoms with van der Waals surface area (Å²) in [5, 5.41) is 12.1. The summed E-state index contributed by atoms with van der Waals surface area (Å²) in [6.07, 6.45) is 5.63. The number of carboxylic acid groups (broad SMARTS) is 1. The van der Waals surface area contributed by atoms with E-state index in [1.54, 1.807) is 18.3 Å². The summed E-state index contributed by atoms with van der Waals surface area (Å²) < 4.78 is 0. The molecule has 2 fully saturated rings. The lowest BCUT2D eigenvalue weighted by atomic mass is 10.2. The highest BCUT2D eigenvalue weighted by atomic mass is 16.4. The van der Waals surface area contributed by atoms with Crippen LogP contribution in [-0.4, -0.2) is 22.6 Å². The first-order chi connectivity index (χ1) is 7.71. The van der Waals surface area contributed by atoms with Crippen LogP contribution in [0.3, 0.4) is 0 Å². The molecule has 2 aliphatic rings. The maximum Gasteiger partial charge on any atom is 0.339 e. The van der Waals surface area contributed by atoms with Crippen molar-refractivity contribution in [2.75, 3.05) is 11.9 Å². The van der Waals surface area contributed by atoms with E-state index in [0.29, 0.717) is 11.2 Å². The van der Waals surface area contributed by atoms with E-state index >= 15 is 0 Å². The normalized spacial score (nSPS) is 24.1. The van der Waals surface area contributed by atoms with Gasteiger partial charge in [0, 0.05) is 12.7 Å². The number of hydrogen-bond donors (Lipinski definition) is 2. The Bertz CT molecular complexity index is 440. The van der Waals surface area contributed by atoms with Crippen molar-refractivity contribution < 1.29 is 9.90 Å². The van der Waals surface area contributed by atoms with Crippen LogP contribution in [-0.2, 0) is 0 Å². The Labute approximate surface area is 93.7 Å². The number of nitrogens with zero attached hydrogens (tertiary/aromatic N) is 1. The second-order valence-corrected chi connectivity index (χ2v) is 4.85. The summed E-state index contributed by atoms with van der Waals surface area (Å²) in [7, 11) is 0. The summed E-state index contributed by atoms with van der Waals surface area (Å²) in [5.41, 5.74) is 0.901. The number of anilines is 1. The molecule has 0 amide bonds. The second kappa shape index (κ2) is 3.20. The third kappa shape index (κ3) is 1.54. The maximum atomic E-state index is 10.9. The maximum absolute atomic E-state index is 10.9. The standard InChI is InChI=1S/C12H14N2O2/c15-11(16)9-2-1-5-13-10(9)14-7-8-6-12(8)3-4-12/h1-2,5,8H,3-4,6-7H2,(H,13,14)(H,15,16). The molecule has 16 heavy (non-hydrogen) atoms. The number of carbonyl (C=O) groups is 1. The van der Waals surface area contributed by atoms with Gasteiger partial charge in [-0.25, -0.2) is 9.78 Å². The van der Waals surface area contributed by atoms with Crippen molar-refractivity contribution >= 4 is 11.8 Å². The molecule has 1 heterocycles. The summed E-state index contributed by atoms with van der Waals surface area (Å²) >= 11 is 0. The minimum Gasteiger partial charge on any atom is -0.478 e. The van der Waals surface area contributed by atoms with Gasteiger partial charge in [-0.1, -0.05) is 0 Å². The predicted molar refractivity (Wildman–Crippen MR) is 59.5 cm³/mol. The van der Waals surface area contributed by atoms with Crippen molar-refractivity contribution in [2.24, 2.45) is 11.3 Å². The van der Waals surface area contributed by atoms with Crippen LogP contribution >= 0.6 is 0 Å². The minimum atomic E-state index is -0.924. The van der Waals surface area contributed by atoms with E-state index < -0.39 is 5.97 Å². The topological polar surface area (TPSA) is 62.2 Å². The zero-order valence-corrected chi connectivity index (χ0v) is 8.94. The van der Waals surface area contributed by atoms with E-state index in [1.165, 1.54) is 19.3 Å². The molecule has 1 aromatic rings. The molecule has 4 heteroatoms. The van der Waals surface area contributed by atoms with Gasteiger partial charge >= 0.3 is 5.97 Å². The number of hydrogen-bond acceptors (Lipinski definition) is 3. The molecule has 0 bridgehead atoms. The van der Waals surface area contributed by atoms with E-state index in [4.69, 9.17) is 5.11 Å². The number of rotatable bonds is 4. The highest BCUT2D eigenvalue weighted by Gasteiger charge is 2.62. The average Bonchev–Trinajstić information content (AvgIpc) is 3.18. The Morgan fingerprint density at radius 2 is 2.44 bits per heavy atom. The molecule has 0 aromatic carbocycles.